The molecule has 110 valence electrons. The van der Waals surface area contributed by atoms with Gasteiger partial charge in [-0.2, -0.15) is 0 Å². The van der Waals surface area contributed by atoms with Crippen LogP contribution in [0, 0.1) is 13.8 Å². The number of nitrogens with one attached hydrogen (secondary N) is 1. The zero-order chi connectivity index (χ0) is 15.4. The zero-order valence-corrected chi connectivity index (χ0v) is 13.3. The Kier molecular flexibility index (Phi) is 5.10. The van der Waals surface area contributed by atoms with Crippen molar-refractivity contribution < 1.29 is 9.53 Å². The van der Waals surface area contributed by atoms with E-state index >= 15 is 0 Å². The third kappa shape index (κ3) is 4.13. The number of amides is 1. The molecule has 0 bridgehead atoms. The van der Waals surface area contributed by atoms with Gasteiger partial charge in [0.1, 0.15) is 5.75 Å². The van der Waals surface area contributed by atoms with Gasteiger partial charge in [0.2, 0.25) is 0 Å². The van der Waals surface area contributed by atoms with Crippen LogP contribution in [0.4, 0.5) is 5.69 Å². The molecule has 2 rings (SSSR count). The summed E-state index contributed by atoms with van der Waals surface area (Å²) in [5.41, 5.74) is 2.65. The van der Waals surface area contributed by atoms with Crippen molar-refractivity contribution in [2.24, 2.45) is 0 Å². The monoisotopic (exact) mass is 323 g/mol. The average molecular weight is 324 g/mol. The first-order valence-electron chi connectivity index (χ1n) is 6.41. The molecule has 1 N–H and O–H groups in total. The van der Waals surface area contributed by atoms with E-state index in [4.69, 9.17) is 27.9 Å². The van der Waals surface area contributed by atoms with Crippen molar-refractivity contribution in [3.05, 3.63) is 57.6 Å². The standard InChI is InChI=1S/C16H15Cl2NO2/c1-10-4-3-5-15(11(10)2)21-9-16(20)19-14-7-6-12(17)8-13(14)18/h3-8H,9H2,1-2H3,(H,19,20). The maximum atomic E-state index is 11.9. The fourth-order valence-electron chi connectivity index (χ4n) is 1.80. The van der Waals surface area contributed by atoms with Crippen LogP contribution in [-0.2, 0) is 4.79 Å². The molecule has 0 aliphatic carbocycles. The number of hydrogen-bond donors (Lipinski definition) is 1. The number of ether oxygens (including phenoxy) is 1. The van der Waals surface area contributed by atoms with E-state index in [2.05, 4.69) is 5.32 Å². The van der Waals surface area contributed by atoms with Crippen LogP contribution >= 0.6 is 23.2 Å². The van der Waals surface area contributed by atoms with Gasteiger partial charge in [0.15, 0.2) is 6.61 Å². The molecule has 2 aromatic rings. The van der Waals surface area contributed by atoms with Gasteiger partial charge in [-0.15, -0.1) is 0 Å². The fraction of sp³-hybridized carbons (Fsp3) is 0.188. The summed E-state index contributed by atoms with van der Waals surface area (Å²) in [5, 5.41) is 3.60. The Hall–Kier alpha value is -1.71. The first-order valence-corrected chi connectivity index (χ1v) is 7.17. The number of carbonyl (C=O) groups excluding carboxylic acids is 1. The summed E-state index contributed by atoms with van der Waals surface area (Å²) in [4.78, 5) is 11.9. The van der Waals surface area contributed by atoms with E-state index < -0.39 is 0 Å². The molecular weight excluding hydrogens is 309 g/mol. The molecule has 3 nitrogen and oxygen atoms in total. The van der Waals surface area contributed by atoms with E-state index in [0.717, 1.165) is 11.1 Å². The molecule has 0 spiro atoms. The van der Waals surface area contributed by atoms with Gasteiger partial charge in [0, 0.05) is 5.02 Å². The van der Waals surface area contributed by atoms with Crippen molar-refractivity contribution in [2.45, 2.75) is 13.8 Å². The summed E-state index contributed by atoms with van der Waals surface area (Å²) in [5.74, 6) is 0.424. The Bertz CT molecular complexity index is 671. The van der Waals surface area contributed by atoms with Gasteiger partial charge >= 0.3 is 0 Å². The van der Waals surface area contributed by atoms with Crippen LogP contribution in [0.15, 0.2) is 36.4 Å². The number of benzene rings is 2. The molecule has 0 heterocycles. The summed E-state index contributed by atoms with van der Waals surface area (Å²) in [6.45, 7) is 3.87. The number of carbonyl (C=O) groups is 1. The van der Waals surface area contributed by atoms with Crippen LogP contribution in [0.3, 0.4) is 0 Å². The first-order chi connectivity index (χ1) is 9.97. The van der Waals surface area contributed by atoms with Crippen LogP contribution in [-0.4, -0.2) is 12.5 Å². The van der Waals surface area contributed by atoms with Crippen LogP contribution < -0.4 is 10.1 Å². The SMILES string of the molecule is Cc1cccc(OCC(=O)Nc2ccc(Cl)cc2Cl)c1C. The van der Waals surface area contributed by atoms with Gasteiger partial charge in [0.25, 0.3) is 5.91 Å². The maximum Gasteiger partial charge on any atom is 0.262 e. The molecule has 0 fully saturated rings. The predicted molar refractivity (Wildman–Crippen MR) is 86.5 cm³/mol. The summed E-state index contributed by atoms with van der Waals surface area (Å²) in [6, 6.07) is 10.6. The molecule has 0 saturated carbocycles. The molecule has 0 saturated heterocycles. The van der Waals surface area contributed by atoms with E-state index in [1.54, 1.807) is 18.2 Å². The van der Waals surface area contributed by atoms with Crippen molar-refractivity contribution in [3.8, 4) is 5.75 Å². The van der Waals surface area contributed by atoms with E-state index in [0.29, 0.717) is 21.5 Å². The lowest BCUT2D eigenvalue weighted by molar-refractivity contribution is -0.118. The molecule has 5 heteroatoms. The minimum Gasteiger partial charge on any atom is -0.483 e. The lowest BCUT2D eigenvalue weighted by Gasteiger charge is -2.11. The first kappa shape index (κ1) is 15.7. The quantitative estimate of drug-likeness (QED) is 0.890. The second-order valence-corrected chi connectivity index (χ2v) is 5.50. The maximum absolute atomic E-state index is 11.9. The molecule has 0 aliphatic heterocycles. The van der Waals surface area contributed by atoms with Crippen LogP contribution in [0.25, 0.3) is 0 Å². The van der Waals surface area contributed by atoms with Gasteiger partial charge in [0.05, 0.1) is 10.7 Å². The Morgan fingerprint density at radius 2 is 1.95 bits per heavy atom. The second kappa shape index (κ2) is 6.83. The van der Waals surface area contributed by atoms with E-state index in [-0.39, 0.29) is 12.5 Å². The minimum atomic E-state index is -0.278. The Labute approximate surface area is 133 Å². The zero-order valence-electron chi connectivity index (χ0n) is 11.7. The lowest BCUT2D eigenvalue weighted by atomic mass is 10.1. The lowest BCUT2D eigenvalue weighted by Crippen LogP contribution is -2.20. The number of anilines is 1. The van der Waals surface area contributed by atoms with Crippen LogP contribution in [0.1, 0.15) is 11.1 Å². The predicted octanol–water partition coefficient (Wildman–Crippen LogP) is 4.63. The molecule has 0 aliphatic rings. The average Bonchev–Trinajstić information content (AvgIpc) is 2.43. The van der Waals surface area contributed by atoms with E-state index in [9.17, 15) is 4.79 Å². The van der Waals surface area contributed by atoms with Crippen molar-refractivity contribution in [1.29, 1.82) is 0 Å². The summed E-state index contributed by atoms with van der Waals surface area (Å²) >= 11 is 11.8. The highest BCUT2D eigenvalue weighted by molar-refractivity contribution is 6.36. The Balaban J connectivity index is 1.97. The highest BCUT2D eigenvalue weighted by Crippen LogP contribution is 2.25. The van der Waals surface area contributed by atoms with Crippen LogP contribution in [0.2, 0.25) is 10.0 Å². The fourth-order valence-corrected chi connectivity index (χ4v) is 2.26. The molecular formula is C16H15Cl2NO2. The number of halogens is 2. The van der Waals surface area contributed by atoms with Crippen molar-refractivity contribution in [2.75, 3.05) is 11.9 Å². The molecule has 2 aromatic carbocycles. The summed E-state index contributed by atoms with van der Waals surface area (Å²) < 4.78 is 5.53. The third-order valence-electron chi connectivity index (χ3n) is 3.12. The smallest absolute Gasteiger partial charge is 0.262 e. The summed E-state index contributed by atoms with van der Waals surface area (Å²) in [7, 11) is 0. The molecule has 0 unspecified atom stereocenters. The van der Waals surface area contributed by atoms with Gasteiger partial charge in [-0.3, -0.25) is 4.79 Å². The Morgan fingerprint density at radius 3 is 2.67 bits per heavy atom. The van der Waals surface area contributed by atoms with Gasteiger partial charge < -0.3 is 10.1 Å². The van der Waals surface area contributed by atoms with E-state index in [1.165, 1.54) is 0 Å². The summed E-state index contributed by atoms with van der Waals surface area (Å²) in [6.07, 6.45) is 0. The second-order valence-electron chi connectivity index (χ2n) is 4.66. The van der Waals surface area contributed by atoms with Crippen molar-refractivity contribution in [1.82, 2.24) is 0 Å². The van der Waals surface area contributed by atoms with E-state index in [1.807, 2.05) is 32.0 Å². The van der Waals surface area contributed by atoms with Gasteiger partial charge in [-0.1, -0.05) is 35.3 Å². The minimum absolute atomic E-state index is 0.0801. The largest absolute Gasteiger partial charge is 0.483 e. The highest BCUT2D eigenvalue weighted by atomic mass is 35.5. The highest BCUT2D eigenvalue weighted by Gasteiger charge is 2.08. The number of rotatable bonds is 4. The van der Waals surface area contributed by atoms with Crippen molar-refractivity contribution >= 4 is 34.8 Å². The Morgan fingerprint density at radius 1 is 1.19 bits per heavy atom. The molecule has 21 heavy (non-hydrogen) atoms. The van der Waals surface area contributed by atoms with Crippen molar-refractivity contribution in [3.63, 3.8) is 0 Å². The number of aryl methyl sites for hydroxylation is 1. The molecule has 1 amide bonds. The van der Waals surface area contributed by atoms with Gasteiger partial charge in [-0.25, -0.2) is 0 Å². The van der Waals surface area contributed by atoms with Gasteiger partial charge in [-0.05, 0) is 49.2 Å². The third-order valence-corrected chi connectivity index (χ3v) is 3.67. The van der Waals surface area contributed by atoms with Crippen LogP contribution in [0.5, 0.6) is 5.75 Å². The normalized spacial score (nSPS) is 10.3. The number of hydrogen-bond acceptors (Lipinski definition) is 2. The topological polar surface area (TPSA) is 38.3 Å². The molecule has 0 aromatic heterocycles. The molecule has 0 atom stereocenters. The molecule has 0 radical (unpaired) electrons.